The van der Waals surface area contributed by atoms with Gasteiger partial charge in [-0.05, 0) is 44.9 Å². The quantitative estimate of drug-likeness (QED) is 0.0316. The molecule has 1 saturated heterocycles. The van der Waals surface area contributed by atoms with Crippen molar-refractivity contribution in [3.63, 3.8) is 0 Å². The zero-order chi connectivity index (χ0) is 36.7. The first-order valence-electron chi connectivity index (χ1n) is 19.9. The van der Waals surface area contributed by atoms with Gasteiger partial charge < -0.3 is 39.4 Å². The van der Waals surface area contributed by atoms with Crippen LogP contribution in [-0.4, -0.2) is 89.0 Å². The number of esters is 2. The highest BCUT2D eigenvalue weighted by molar-refractivity contribution is 5.70. The number of aliphatic hydroxyl groups is 4. The maximum Gasteiger partial charge on any atom is 0.306 e. The first-order valence-corrected chi connectivity index (χ1v) is 19.9. The Balaban J connectivity index is 2.33. The maximum atomic E-state index is 12.6. The Morgan fingerprint density at radius 2 is 1.12 bits per heavy atom. The molecule has 4 N–H and O–H groups in total. The third-order valence-corrected chi connectivity index (χ3v) is 9.09. The van der Waals surface area contributed by atoms with E-state index in [2.05, 4.69) is 38.2 Å². The van der Waals surface area contributed by atoms with Crippen LogP contribution in [0.2, 0.25) is 0 Å². The fourth-order valence-corrected chi connectivity index (χ4v) is 5.86. The Kier molecular flexibility index (Phi) is 29.5. The molecule has 1 rings (SSSR count). The van der Waals surface area contributed by atoms with Crippen LogP contribution >= 0.6 is 0 Å². The summed E-state index contributed by atoms with van der Waals surface area (Å²) >= 11 is 0. The van der Waals surface area contributed by atoms with E-state index >= 15 is 0 Å². The molecule has 50 heavy (non-hydrogen) atoms. The lowest BCUT2D eigenvalue weighted by Crippen LogP contribution is -2.59. The summed E-state index contributed by atoms with van der Waals surface area (Å²) in [5.41, 5.74) is 0. The van der Waals surface area contributed by atoms with Crippen LogP contribution < -0.4 is 0 Å². The van der Waals surface area contributed by atoms with Gasteiger partial charge in [0.05, 0.1) is 13.2 Å². The van der Waals surface area contributed by atoms with E-state index in [1.807, 2.05) is 0 Å². The van der Waals surface area contributed by atoms with E-state index in [1.165, 1.54) is 70.6 Å². The van der Waals surface area contributed by atoms with Crippen LogP contribution in [0.5, 0.6) is 0 Å². The summed E-state index contributed by atoms with van der Waals surface area (Å²) in [6, 6.07) is 0. The summed E-state index contributed by atoms with van der Waals surface area (Å²) in [7, 11) is 0. The number of rotatable bonds is 32. The normalized spacial score (nSPS) is 21.6. The highest BCUT2D eigenvalue weighted by Crippen LogP contribution is 2.22. The van der Waals surface area contributed by atoms with Gasteiger partial charge in [0, 0.05) is 12.8 Å². The van der Waals surface area contributed by atoms with E-state index in [-0.39, 0.29) is 32.0 Å². The zero-order valence-electron chi connectivity index (χ0n) is 31.4. The fourth-order valence-electron chi connectivity index (χ4n) is 5.86. The molecule has 0 spiro atoms. The monoisotopic (exact) mass is 713 g/mol. The van der Waals surface area contributed by atoms with Crippen LogP contribution in [0.15, 0.2) is 24.3 Å². The molecule has 1 heterocycles. The topological polar surface area (TPSA) is 152 Å². The van der Waals surface area contributed by atoms with Crippen LogP contribution in [0.4, 0.5) is 0 Å². The number of hydrogen-bond donors (Lipinski definition) is 4. The summed E-state index contributed by atoms with van der Waals surface area (Å²) < 4.78 is 22.0. The third-order valence-electron chi connectivity index (χ3n) is 9.09. The van der Waals surface area contributed by atoms with Gasteiger partial charge in [-0.15, -0.1) is 0 Å². The van der Waals surface area contributed by atoms with Crippen LogP contribution in [0, 0.1) is 0 Å². The Morgan fingerprint density at radius 1 is 0.620 bits per heavy atom. The number of hydrogen-bond acceptors (Lipinski definition) is 10. The molecule has 10 heteroatoms. The number of unbranched alkanes of at least 4 members (excludes halogenated alkanes) is 17. The lowest BCUT2D eigenvalue weighted by atomic mass is 9.99. The summed E-state index contributed by atoms with van der Waals surface area (Å²) in [4.78, 5) is 25.1. The highest BCUT2D eigenvalue weighted by Gasteiger charge is 2.44. The minimum absolute atomic E-state index is 0.219. The van der Waals surface area contributed by atoms with Gasteiger partial charge in [0.15, 0.2) is 12.4 Å². The average Bonchev–Trinajstić information content (AvgIpc) is 3.11. The standard InChI is InChI=1S/C40H72O10/c1-3-5-7-9-11-13-14-15-16-17-18-19-20-21-23-24-26-28-35(42)47-31-33(49-36(43)29-27-25-22-12-10-8-6-4-2)32-48-40-39(46)38(45)37(44)34(30-41)50-40/h11,13,15-16,33-34,37-41,44-46H,3-10,12,14,17-32H2,1-2H3/b13-11+,16-15+/t33-,34-,37+,38?,39?,40-/m0/s1. The minimum Gasteiger partial charge on any atom is -0.462 e. The lowest BCUT2D eigenvalue weighted by molar-refractivity contribution is -0.305. The molecule has 0 amide bonds. The second kappa shape index (κ2) is 31.9. The van der Waals surface area contributed by atoms with Gasteiger partial charge in [-0.25, -0.2) is 0 Å². The van der Waals surface area contributed by atoms with Crippen LogP contribution in [-0.2, 0) is 28.5 Å². The van der Waals surface area contributed by atoms with Crippen molar-refractivity contribution >= 4 is 11.9 Å². The molecule has 0 aromatic carbocycles. The summed E-state index contributed by atoms with van der Waals surface area (Å²) in [5.74, 6) is -0.819. The summed E-state index contributed by atoms with van der Waals surface area (Å²) in [6.07, 6.45) is 24.9. The van der Waals surface area contributed by atoms with Crippen molar-refractivity contribution in [2.24, 2.45) is 0 Å². The van der Waals surface area contributed by atoms with Gasteiger partial charge in [0.2, 0.25) is 0 Å². The predicted molar refractivity (Wildman–Crippen MR) is 196 cm³/mol. The number of allylic oxidation sites excluding steroid dienone is 4. The van der Waals surface area contributed by atoms with E-state index in [4.69, 9.17) is 18.9 Å². The van der Waals surface area contributed by atoms with Crippen molar-refractivity contribution in [3.05, 3.63) is 24.3 Å². The highest BCUT2D eigenvalue weighted by atomic mass is 16.7. The number of carbonyl (C=O) groups excluding carboxylic acids is 2. The molecule has 0 saturated carbocycles. The molecule has 1 fully saturated rings. The second-order valence-corrected chi connectivity index (χ2v) is 13.7. The molecule has 10 nitrogen and oxygen atoms in total. The smallest absolute Gasteiger partial charge is 0.306 e. The first-order chi connectivity index (χ1) is 24.3. The third kappa shape index (κ3) is 23.6. The van der Waals surface area contributed by atoms with Crippen molar-refractivity contribution in [3.8, 4) is 0 Å². The Bertz CT molecular complexity index is 876. The van der Waals surface area contributed by atoms with E-state index in [0.717, 1.165) is 57.8 Å². The van der Waals surface area contributed by atoms with Crippen LogP contribution in [0.1, 0.15) is 162 Å². The van der Waals surface area contributed by atoms with Gasteiger partial charge in [-0.1, -0.05) is 128 Å². The van der Waals surface area contributed by atoms with E-state index in [9.17, 15) is 30.0 Å². The molecule has 0 aromatic heterocycles. The number of aliphatic hydroxyl groups excluding tert-OH is 4. The van der Waals surface area contributed by atoms with Crippen LogP contribution in [0.25, 0.3) is 0 Å². The number of ether oxygens (including phenoxy) is 4. The van der Waals surface area contributed by atoms with Gasteiger partial charge >= 0.3 is 11.9 Å². The minimum atomic E-state index is -1.59. The lowest BCUT2D eigenvalue weighted by Gasteiger charge is -2.39. The van der Waals surface area contributed by atoms with E-state index < -0.39 is 49.4 Å². The molecule has 0 aliphatic carbocycles. The molecule has 6 atom stereocenters. The number of carbonyl (C=O) groups is 2. The van der Waals surface area contributed by atoms with Crippen LogP contribution in [0.3, 0.4) is 0 Å². The molecule has 1 aliphatic rings. The molecule has 1 aliphatic heterocycles. The molecule has 0 radical (unpaired) electrons. The molecule has 292 valence electrons. The zero-order valence-corrected chi connectivity index (χ0v) is 31.4. The average molecular weight is 713 g/mol. The van der Waals surface area contributed by atoms with E-state index in [0.29, 0.717) is 6.42 Å². The SMILES string of the molecule is CCCCC/C=C/C/C=C/CCCCCCCCCC(=O)OC[C@@H](CO[C@H]1O[C@@H](CO)[C@@H](O)C(O)C1O)OC(=O)CCCCCCCCCC. The van der Waals surface area contributed by atoms with Crippen molar-refractivity contribution in [2.45, 2.75) is 198 Å². The Morgan fingerprint density at radius 3 is 1.70 bits per heavy atom. The molecule has 0 bridgehead atoms. The van der Waals surface area contributed by atoms with Gasteiger partial charge in [-0.3, -0.25) is 9.59 Å². The molecule has 0 aromatic rings. The first kappa shape index (κ1) is 46.2. The van der Waals surface area contributed by atoms with Crippen molar-refractivity contribution in [1.82, 2.24) is 0 Å². The Hall–Kier alpha value is -1.82. The van der Waals surface area contributed by atoms with Gasteiger partial charge in [0.25, 0.3) is 0 Å². The summed E-state index contributed by atoms with van der Waals surface area (Å²) in [6.45, 7) is 3.34. The summed E-state index contributed by atoms with van der Waals surface area (Å²) in [5, 5.41) is 39.8. The predicted octanol–water partition coefficient (Wildman–Crippen LogP) is 7.38. The largest absolute Gasteiger partial charge is 0.462 e. The van der Waals surface area contributed by atoms with E-state index in [1.54, 1.807) is 0 Å². The van der Waals surface area contributed by atoms with Crippen molar-refractivity contribution < 1.29 is 49.0 Å². The van der Waals surface area contributed by atoms with Gasteiger partial charge in [0.1, 0.15) is 31.0 Å². The molecular weight excluding hydrogens is 640 g/mol. The molecule has 2 unspecified atom stereocenters. The maximum absolute atomic E-state index is 12.6. The fraction of sp³-hybridized carbons (Fsp3) is 0.850. The molecular formula is C40H72O10. The van der Waals surface area contributed by atoms with Crippen molar-refractivity contribution in [1.29, 1.82) is 0 Å². The van der Waals surface area contributed by atoms with Gasteiger partial charge in [-0.2, -0.15) is 0 Å². The Labute approximate surface area is 303 Å². The van der Waals surface area contributed by atoms with Crippen molar-refractivity contribution in [2.75, 3.05) is 19.8 Å². The second-order valence-electron chi connectivity index (χ2n) is 13.7.